The SMILES string of the molecule is Cc1csc(CC(N)=NOCC(=O)Nc2ccc(N3CCCC3)cc2C)n1. The largest absolute Gasteiger partial charge is 0.384 e. The Kier molecular flexibility index (Phi) is 6.28. The number of nitrogens with one attached hydrogen (secondary N) is 1. The molecule has 144 valence electrons. The molecule has 1 saturated heterocycles. The number of aryl methyl sites for hydroxylation is 2. The van der Waals surface area contributed by atoms with E-state index in [-0.39, 0.29) is 12.5 Å². The molecule has 27 heavy (non-hydrogen) atoms. The summed E-state index contributed by atoms with van der Waals surface area (Å²) < 4.78 is 0. The van der Waals surface area contributed by atoms with E-state index in [1.807, 2.05) is 31.4 Å². The number of oxime groups is 1. The molecule has 1 aliphatic rings. The maximum atomic E-state index is 12.1. The monoisotopic (exact) mass is 387 g/mol. The maximum absolute atomic E-state index is 12.1. The molecular weight excluding hydrogens is 362 g/mol. The van der Waals surface area contributed by atoms with Crippen LogP contribution in [0.1, 0.15) is 29.1 Å². The van der Waals surface area contributed by atoms with Gasteiger partial charge in [-0.2, -0.15) is 0 Å². The van der Waals surface area contributed by atoms with Crippen LogP contribution in [0.2, 0.25) is 0 Å². The minimum Gasteiger partial charge on any atom is -0.384 e. The second kappa shape index (κ2) is 8.85. The summed E-state index contributed by atoms with van der Waals surface area (Å²) in [5, 5.41) is 9.47. The Morgan fingerprint density at radius 1 is 1.37 bits per heavy atom. The fourth-order valence-corrected chi connectivity index (χ4v) is 3.78. The average Bonchev–Trinajstić information content (AvgIpc) is 3.28. The van der Waals surface area contributed by atoms with Crippen molar-refractivity contribution in [1.29, 1.82) is 0 Å². The number of hydrogen-bond acceptors (Lipinski definition) is 6. The molecule has 8 heteroatoms. The summed E-state index contributed by atoms with van der Waals surface area (Å²) in [5.41, 5.74) is 9.77. The van der Waals surface area contributed by atoms with Crippen molar-refractivity contribution in [3.8, 4) is 0 Å². The van der Waals surface area contributed by atoms with Gasteiger partial charge < -0.3 is 20.8 Å². The van der Waals surface area contributed by atoms with Crippen LogP contribution >= 0.6 is 11.3 Å². The highest BCUT2D eigenvalue weighted by Crippen LogP contribution is 2.25. The summed E-state index contributed by atoms with van der Waals surface area (Å²) in [6.07, 6.45) is 2.89. The van der Waals surface area contributed by atoms with Gasteiger partial charge in [-0.3, -0.25) is 4.79 Å². The molecule has 1 amide bonds. The van der Waals surface area contributed by atoms with E-state index in [0.29, 0.717) is 12.3 Å². The van der Waals surface area contributed by atoms with Crippen molar-refractivity contribution < 1.29 is 9.63 Å². The van der Waals surface area contributed by atoms with Crippen molar-refractivity contribution in [2.45, 2.75) is 33.1 Å². The Bertz CT molecular complexity index is 827. The normalized spacial score (nSPS) is 14.4. The van der Waals surface area contributed by atoms with Crippen LogP contribution in [-0.2, 0) is 16.1 Å². The van der Waals surface area contributed by atoms with Crippen LogP contribution in [0.5, 0.6) is 0 Å². The number of carbonyl (C=O) groups is 1. The molecule has 1 fully saturated rings. The molecule has 0 unspecified atom stereocenters. The number of amides is 1. The van der Waals surface area contributed by atoms with Gasteiger partial charge in [0.1, 0.15) is 10.8 Å². The highest BCUT2D eigenvalue weighted by atomic mass is 32.1. The Labute approximate surface area is 163 Å². The van der Waals surface area contributed by atoms with Gasteiger partial charge >= 0.3 is 0 Å². The first-order valence-corrected chi connectivity index (χ1v) is 9.90. The second-order valence-electron chi connectivity index (χ2n) is 6.66. The minimum absolute atomic E-state index is 0.190. The highest BCUT2D eigenvalue weighted by molar-refractivity contribution is 7.09. The molecule has 1 aromatic carbocycles. The number of rotatable bonds is 7. The summed E-state index contributed by atoms with van der Waals surface area (Å²) in [4.78, 5) is 23.8. The van der Waals surface area contributed by atoms with Crippen LogP contribution in [0, 0.1) is 13.8 Å². The number of amidine groups is 1. The summed E-state index contributed by atoms with van der Waals surface area (Å²) >= 11 is 1.52. The van der Waals surface area contributed by atoms with Gasteiger partial charge in [-0.25, -0.2) is 4.98 Å². The number of benzene rings is 1. The third-order valence-electron chi connectivity index (χ3n) is 4.33. The van der Waals surface area contributed by atoms with E-state index in [4.69, 9.17) is 10.6 Å². The van der Waals surface area contributed by atoms with Crippen molar-refractivity contribution in [3.05, 3.63) is 39.8 Å². The van der Waals surface area contributed by atoms with E-state index in [9.17, 15) is 4.79 Å². The van der Waals surface area contributed by atoms with Crippen LogP contribution in [0.4, 0.5) is 11.4 Å². The van der Waals surface area contributed by atoms with Crippen molar-refractivity contribution in [2.75, 3.05) is 29.9 Å². The highest BCUT2D eigenvalue weighted by Gasteiger charge is 2.14. The van der Waals surface area contributed by atoms with Crippen molar-refractivity contribution in [2.24, 2.45) is 10.9 Å². The lowest BCUT2D eigenvalue weighted by molar-refractivity contribution is -0.120. The standard InChI is InChI=1S/C19H25N5O2S/c1-13-9-15(24-7-3-4-8-24)5-6-16(13)22-18(25)11-26-23-17(20)10-19-21-14(2)12-27-19/h5-6,9,12H,3-4,7-8,10-11H2,1-2H3,(H2,20,23)(H,22,25). The second-order valence-corrected chi connectivity index (χ2v) is 7.60. The molecule has 0 radical (unpaired) electrons. The fraction of sp³-hybridized carbons (Fsp3) is 0.421. The summed E-state index contributed by atoms with van der Waals surface area (Å²) in [6, 6.07) is 6.08. The Morgan fingerprint density at radius 3 is 2.81 bits per heavy atom. The number of carbonyl (C=O) groups excluding carboxylic acids is 1. The fourth-order valence-electron chi connectivity index (χ4n) is 2.99. The maximum Gasteiger partial charge on any atom is 0.265 e. The lowest BCUT2D eigenvalue weighted by Gasteiger charge is -2.19. The van der Waals surface area contributed by atoms with Gasteiger partial charge in [-0.1, -0.05) is 5.16 Å². The van der Waals surface area contributed by atoms with Gasteiger partial charge in [-0.15, -0.1) is 11.3 Å². The molecule has 2 aromatic rings. The molecule has 1 aromatic heterocycles. The number of nitrogens with two attached hydrogens (primary N) is 1. The smallest absolute Gasteiger partial charge is 0.265 e. The number of hydrogen-bond donors (Lipinski definition) is 2. The number of nitrogens with zero attached hydrogens (tertiary/aromatic N) is 3. The summed E-state index contributed by atoms with van der Waals surface area (Å²) in [7, 11) is 0. The molecule has 1 aliphatic heterocycles. The van der Waals surface area contributed by atoms with Gasteiger partial charge in [-0.05, 0) is 50.5 Å². The average molecular weight is 388 g/mol. The lowest BCUT2D eigenvalue weighted by atomic mass is 10.1. The van der Waals surface area contributed by atoms with Gasteiger partial charge in [0.05, 0.1) is 6.42 Å². The molecule has 3 rings (SSSR count). The van der Waals surface area contributed by atoms with E-state index < -0.39 is 0 Å². The molecule has 3 N–H and O–H groups in total. The van der Waals surface area contributed by atoms with Crippen LogP contribution < -0.4 is 16.0 Å². The predicted molar refractivity (Wildman–Crippen MR) is 109 cm³/mol. The van der Waals surface area contributed by atoms with E-state index in [1.54, 1.807) is 0 Å². The first-order valence-electron chi connectivity index (χ1n) is 9.02. The minimum atomic E-state index is -0.270. The van der Waals surface area contributed by atoms with Gasteiger partial charge in [0, 0.05) is 35.5 Å². The molecule has 0 aliphatic carbocycles. The van der Waals surface area contributed by atoms with Crippen molar-refractivity contribution in [3.63, 3.8) is 0 Å². The van der Waals surface area contributed by atoms with Crippen LogP contribution in [0.25, 0.3) is 0 Å². The molecule has 0 spiro atoms. The van der Waals surface area contributed by atoms with Gasteiger partial charge in [0.25, 0.3) is 5.91 Å². The molecule has 7 nitrogen and oxygen atoms in total. The Morgan fingerprint density at radius 2 is 2.15 bits per heavy atom. The molecule has 0 bridgehead atoms. The van der Waals surface area contributed by atoms with Crippen molar-refractivity contribution >= 4 is 34.5 Å². The van der Waals surface area contributed by atoms with Gasteiger partial charge in [0.2, 0.25) is 0 Å². The van der Waals surface area contributed by atoms with E-state index in [2.05, 4.69) is 26.4 Å². The van der Waals surface area contributed by atoms with E-state index >= 15 is 0 Å². The third-order valence-corrected chi connectivity index (χ3v) is 5.30. The number of aromatic nitrogens is 1. The third kappa shape index (κ3) is 5.43. The van der Waals surface area contributed by atoms with Crippen molar-refractivity contribution in [1.82, 2.24) is 4.98 Å². The lowest BCUT2D eigenvalue weighted by Crippen LogP contribution is -2.21. The van der Waals surface area contributed by atoms with Gasteiger partial charge in [0.15, 0.2) is 6.61 Å². The zero-order chi connectivity index (χ0) is 19.2. The van der Waals surface area contributed by atoms with Crippen LogP contribution in [-0.4, -0.2) is 36.4 Å². The predicted octanol–water partition coefficient (Wildman–Crippen LogP) is 2.83. The molecule has 0 saturated carbocycles. The van der Waals surface area contributed by atoms with Crippen LogP contribution in [0.15, 0.2) is 28.7 Å². The first-order chi connectivity index (χ1) is 13.0. The number of thiazole rings is 1. The zero-order valence-corrected chi connectivity index (χ0v) is 16.5. The Hall–Kier alpha value is -2.61. The topological polar surface area (TPSA) is 92.8 Å². The number of anilines is 2. The molecular formula is C19H25N5O2S. The first kappa shape index (κ1) is 19.2. The quantitative estimate of drug-likeness (QED) is 0.433. The molecule has 0 atom stereocenters. The summed E-state index contributed by atoms with van der Waals surface area (Å²) in [5.74, 6) is 0.0250. The van der Waals surface area contributed by atoms with E-state index in [0.717, 1.165) is 35.0 Å². The van der Waals surface area contributed by atoms with Crippen LogP contribution in [0.3, 0.4) is 0 Å². The Balaban J connectivity index is 1.48. The zero-order valence-electron chi connectivity index (χ0n) is 15.7. The molecule has 2 heterocycles. The summed E-state index contributed by atoms with van der Waals surface area (Å²) in [6.45, 7) is 5.92. The van der Waals surface area contributed by atoms with E-state index in [1.165, 1.54) is 29.9 Å².